The highest BCUT2D eigenvalue weighted by atomic mass is 35.5. The number of carbonyl (C=O) groups is 1. The van der Waals surface area contributed by atoms with E-state index in [0.29, 0.717) is 32.2 Å². The molecule has 1 aliphatic carbocycles. The van der Waals surface area contributed by atoms with Gasteiger partial charge < -0.3 is 11.1 Å². The second kappa shape index (κ2) is 6.11. The van der Waals surface area contributed by atoms with Gasteiger partial charge in [0.1, 0.15) is 0 Å². The van der Waals surface area contributed by atoms with Crippen LogP contribution in [0.3, 0.4) is 0 Å². The third-order valence-corrected chi connectivity index (χ3v) is 5.59. The number of hydrogen-bond acceptors (Lipinski definition) is 3. The number of benzene rings is 1. The molecule has 0 saturated carbocycles. The summed E-state index contributed by atoms with van der Waals surface area (Å²) in [7, 11) is 0. The number of nitrogen functional groups attached to an aromatic ring is 1. The molecule has 116 valence electrons. The third kappa shape index (κ3) is 2.96. The standard InChI is InChI=1S/C16H16Cl2N2OS/c1-8-2-4-10-13(6-8)22-15(19)14(10)16(21)20-12-7-9(17)3-5-11(12)18/h3,5,7-8H,2,4,6,19H2,1H3,(H,20,21)/t8-/m1/s1. The number of amides is 1. The zero-order chi connectivity index (χ0) is 15.9. The van der Waals surface area contributed by atoms with E-state index in [2.05, 4.69) is 12.2 Å². The van der Waals surface area contributed by atoms with Gasteiger partial charge in [-0.25, -0.2) is 0 Å². The maximum absolute atomic E-state index is 12.6. The average Bonchev–Trinajstić information content (AvgIpc) is 2.77. The predicted molar refractivity (Wildman–Crippen MR) is 94.3 cm³/mol. The molecule has 0 radical (unpaired) electrons. The molecule has 0 saturated heterocycles. The number of hydrogen-bond donors (Lipinski definition) is 2. The Hall–Kier alpha value is -1.23. The zero-order valence-corrected chi connectivity index (χ0v) is 14.4. The Labute approximate surface area is 143 Å². The van der Waals surface area contributed by atoms with Gasteiger partial charge in [0, 0.05) is 9.90 Å². The number of nitrogens with two attached hydrogens (primary N) is 1. The molecule has 0 unspecified atom stereocenters. The maximum Gasteiger partial charge on any atom is 0.258 e. The number of fused-ring (bicyclic) bond motifs is 1. The van der Waals surface area contributed by atoms with Crippen LogP contribution in [-0.2, 0) is 12.8 Å². The smallest absolute Gasteiger partial charge is 0.258 e. The molecule has 3 nitrogen and oxygen atoms in total. The molecule has 1 aliphatic rings. The molecule has 3 rings (SSSR count). The number of nitrogens with one attached hydrogen (secondary N) is 1. The van der Waals surface area contributed by atoms with E-state index in [1.54, 1.807) is 18.2 Å². The van der Waals surface area contributed by atoms with Gasteiger partial charge in [-0.3, -0.25) is 4.79 Å². The summed E-state index contributed by atoms with van der Waals surface area (Å²) >= 11 is 13.6. The topological polar surface area (TPSA) is 55.1 Å². The van der Waals surface area contributed by atoms with Crippen molar-refractivity contribution in [1.29, 1.82) is 0 Å². The normalized spacial score (nSPS) is 17.1. The second-order valence-corrected chi connectivity index (χ2v) is 7.65. The Kier molecular flexibility index (Phi) is 4.35. The predicted octanol–water partition coefficient (Wildman–Crippen LogP) is 5.01. The molecule has 6 heteroatoms. The van der Waals surface area contributed by atoms with E-state index in [1.165, 1.54) is 16.2 Å². The van der Waals surface area contributed by atoms with Crippen molar-refractivity contribution < 1.29 is 4.79 Å². The van der Waals surface area contributed by atoms with E-state index >= 15 is 0 Å². The van der Waals surface area contributed by atoms with Crippen molar-refractivity contribution in [2.45, 2.75) is 26.2 Å². The minimum atomic E-state index is -0.214. The van der Waals surface area contributed by atoms with Crippen molar-refractivity contribution in [1.82, 2.24) is 0 Å². The molecule has 2 aromatic rings. The molecule has 0 spiro atoms. The zero-order valence-electron chi connectivity index (χ0n) is 12.1. The van der Waals surface area contributed by atoms with Crippen LogP contribution in [0.4, 0.5) is 10.7 Å². The van der Waals surface area contributed by atoms with E-state index in [9.17, 15) is 4.79 Å². The molecule has 0 bridgehead atoms. The Morgan fingerprint density at radius 3 is 2.95 bits per heavy atom. The van der Waals surface area contributed by atoms with Crippen molar-refractivity contribution in [3.05, 3.63) is 44.2 Å². The van der Waals surface area contributed by atoms with E-state index in [1.807, 2.05) is 0 Å². The average molecular weight is 355 g/mol. The Bertz CT molecular complexity index is 742. The molecule has 1 atom stereocenters. The Morgan fingerprint density at radius 2 is 2.18 bits per heavy atom. The van der Waals surface area contributed by atoms with Crippen LogP contribution in [0.1, 0.15) is 34.1 Å². The van der Waals surface area contributed by atoms with E-state index in [0.717, 1.165) is 24.8 Å². The highest BCUT2D eigenvalue weighted by Gasteiger charge is 2.26. The van der Waals surface area contributed by atoms with Gasteiger partial charge >= 0.3 is 0 Å². The molecule has 0 fully saturated rings. The first kappa shape index (κ1) is 15.7. The van der Waals surface area contributed by atoms with Gasteiger partial charge in [0.05, 0.1) is 21.3 Å². The van der Waals surface area contributed by atoms with Gasteiger partial charge in [0.2, 0.25) is 0 Å². The van der Waals surface area contributed by atoms with E-state index in [-0.39, 0.29) is 5.91 Å². The quantitative estimate of drug-likeness (QED) is 0.795. The fourth-order valence-electron chi connectivity index (χ4n) is 2.80. The van der Waals surface area contributed by atoms with Crippen LogP contribution in [0.2, 0.25) is 10.0 Å². The molecule has 1 aromatic heterocycles. The lowest BCUT2D eigenvalue weighted by molar-refractivity contribution is 0.102. The number of halogens is 2. The van der Waals surface area contributed by atoms with Crippen LogP contribution >= 0.6 is 34.5 Å². The van der Waals surface area contributed by atoms with Gasteiger partial charge in [-0.2, -0.15) is 0 Å². The largest absolute Gasteiger partial charge is 0.390 e. The fourth-order valence-corrected chi connectivity index (χ4v) is 4.41. The second-order valence-electron chi connectivity index (χ2n) is 5.67. The van der Waals surface area contributed by atoms with Crippen molar-refractivity contribution in [3.63, 3.8) is 0 Å². The summed E-state index contributed by atoms with van der Waals surface area (Å²) < 4.78 is 0. The van der Waals surface area contributed by atoms with Crippen LogP contribution in [0, 0.1) is 5.92 Å². The summed E-state index contributed by atoms with van der Waals surface area (Å²) in [6.07, 6.45) is 2.98. The van der Waals surface area contributed by atoms with Crippen LogP contribution < -0.4 is 11.1 Å². The summed E-state index contributed by atoms with van der Waals surface area (Å²) in [6, 6.07) is 4.98. The molecule has 1 amide bonds. The van der Waals surface area contributed by atoms with Crippen LogP contribution in [0.5, 0.6) is 0 Å². The first-order valence-electron chi connectivity index (χ1n) is 7.12. The molecule has 3 N–H and O–H groups in total. The minimum absolute atomic E-state index is 0.214. The molecular weight excluding hydrogens is 339 g/mol. The van der Waals surface area contributed by atoms with Crippen LogP contribution in [0.25, 0.3) is 0 Å². The van der Waals surface area contributed by atoms with Crippen LogP contribution in [0.15, 0.2) is 18.2 Å². The lowest BCUT2D eigenvalue weighted by Gasteiger charge is -2.18. The van der Waals surface area contributed by atoms with Crippen molar-refractivity contribution in [3.8, 4) is 0 Å². The fraction of sp³-hybridized carbons (Fsp3) is 0.312. The van der Waals surface area contributed by atoms with Crippen LogP contribution in [-0.4, -0.2) is 5.91 Å². The van der Waals surface area contributed by atoms with Gasteiger partial charge in [0.15, 0.2) is 0 Å². The number of rotatable bonds is 2. The lowest BCUT2D eigenvalue weighted by atomic mass is 9.88. The third-order valence-electron chi connectivity index (χ3n) is 3.94. The van der Waals surface area contributed by atoms with Gasteiger partial charge in [-0.05, 0) is 48.9 Å². The molecule has 1 aromatic carbocycles. The summed E-state index contributed by atoms with van der Waals surface area (Å²) in [5.74, 6) is 0.428. The van der Waals surface area contributed by atoms with Crippen molar-refractivity contribution in [2.75, 3.05) is 11.1 Å². The lowest BCUT2D eigenvalue weighted by Crippen LogP contribution is -2.17. The molecular formula is C16H16Cl2N2OS. The molecule has 1 heterocycles. The summed E-state index contributed by atoms with van der Waals surface area (Å²) in [5.41, 5.74) is 8.28. The van der Waals surface area contributed by atoms with Gasteiger partial charge in [0.25, 0.3) is 5.91 Å². The van der Waals surface area contributed by atoms with E-state index in [4.69, 9.17) is 28.9 Å². The Morgan fingerprint density at radius 1 is 1.41 bits per heavy atom. The van der Waals surface area contributed by atoms with E-state index < -0.39 is 0 Å². The molecule has 0 aliphatic heterocycles. The number of thiophene rings is 1. The number of anilines is 2. The minimum Gasteiger partial charge on any atom is -0.390 e. The highest BCUT2D eigenvalue weighted by molar-refractivity contribution is 7.16. The van der Waals surface area contributed by atoms with Gasteiger partial charge in [-0.1, -0.05) is 30.1 Å². The highest BCUT2D eigenvalue weighted by Crippen LogP contribution is 2.38. The SMILES string of the molecule is C[C@@H]1CCc2c(sc(N)c2C(=O)Nc2cc(Cl)ccc2Cl)C1. The Balaban J connectivity index is 1.91. The summed E-state index contributed by atoms with van der Waals surface area (Å²) in [6.45, 7) is 2.23. The summed E-state index contributed by atoms with van der Waals surface area (Å²) in [5, 5.41) is 4.38. The first-order chi connectivity index (χ1) is 10.5. The van der Waals surface area contributed by atoms with Crippen molar-refractivity contribution in [2.24, 2.45) is 5.92 Å². The maximum atomic E-state index is 12.6. The monoisotopic (exact) mass is 354 g/mol. The molecule has 22 heavy (non-hydrogen) atoms. The van der Waals surface area contributed by atoms with Gasteiger partial charge in [-0.15, -0.1) is 11.3 Å². The summed E-state index contributed by atoms with van der Waals surface area (Å²) in [4.78, 5) is 13.9. The number of carbonyl (C=O) groups excluding carboxylic acids is 1. The first-order valence-corrected chi connectivity index (χ1v) is 8.69. The van der Waals surface area contributed by atoms with Crippen molar-refractivity contribution >= 4 is 51.1 Å².